The van der Waals surface area contributed by atoms with Gasteiger partial charge in [-0.15, -0.1) is 0 Å². The van der Waals surface area contributed by atoms with Gasteiger partial charge in [0.15, 0.2) is 0 Å². The highest BCUT2D eigenvalue weighted by Gasteiger charge is 2.51. The first-order valence-electron chi connectivity index (χ1n) is 9.74. The van der Waals surface area contributed by atoms with E-state index < -0.39 is 0 Å². The van der Waals surface area contributed by atoms with E-state index >= 15 is 0 Å². The minimum atomic E-state index is -0.109. The van der Waals surface area contributed by atoms with Crippen LogP contribution in [-0.4, -0.2) is 60.1 Å². The number of carbonyl (C=O) groups excluding carboxylic acids is 1. The summed E-state index contributed by atoms with van der Waals surface area (Å²) in [5.41, 5.74) is 2.07. The molecule has 0 radical (unpaired) electrons. The van der Waals surface area contributed by atoms with Crippen LogP contribution in [0.1, 0.15) is 42.7 Å². The van der Waals surface area contributed by atoms with Crippen molar-refractivity contribution in [2.24, 2.45) is 11.3 Å². The van der Waals surface area contributed by atoms with Crippen molar-refractivity contribution in [1.82, 2.24) is 20.3 Å². The van der Waals surface area contributed by atoms with Gasteiger partial charge in [-0.05, 0) is 39.2 Å². The largest absolute Gasteiger partial charge is 0.361 e. The minimum absolute atomic E-state index is 0.109. The third kappa shape index (κ3) is 2.99. The van der Waals surface area contributed by atoms with E-state index in [-0.39, 0.29) is 5.41 Å². The SMILES string of the molecule is Cc1noc(C)c1CN1CCN(C(=O)[C@@]23CCCC[C@H]2CNC3)CC1. The van der Waals surface area contributed by atoms with Crippen LogP contribution in [0.3, 0.4) is 0 Å². The van der Waals surface area contributed by atoms with E-state index in [4.69, 9.17) is 4.52 Å². The number of aryl methyl sites for hydroxylation is 2. The summed E-state index contributed by atoms with van der Waals surface area (Å²) in [5, 5.41) is 7.55. The number of rotatable bonds is 3. The number of amides is 1. The number of nitrogens with one attached hydrogen (secondary N) is 1. The second kappa shape index (κ2) is 6.72. The van der Waals surface area contributed by atoms with Crippen molar-refractivity contribution < 1.29 is 9.32 Å². The lowest BCUT2D eigenvalue weighted by molar-refractivity contribution is -0.147. The first-order valence-corrected chi connectivity index (χ1v) is 9.74. The van der Waals surface area contributed by atoms with Crippen LogP contribution < -0.4 is 5.32 Å². The van der Waals surface area contributed by atoms with Crippen molar-refractivity contribution in [3.8, 4) is 0 Å². The lowest BCUT2D eigenvalue weighted by Gasteiger charge is -2.43. The Morgan fingerprint density at radius 1 is 1.28 bits per heavy atom. The first kappa shape index (κ1) is 17.0. The Bertz CT molecular complexity index is 616. The molecule has 25 heavy (non-hydrogen) atoms. The number of hydrogen-bond donors (Lipinski definition) is 1. The molecule has 6 nitrogen and oxygen atoms in total. The van der Waals surface area contributed by atoms with Crippen LogP contribution in [0.5, 0.6) is 0 Å². The van der Waals surface area contributed by atoms with Gasteiger partial charge in [-0.25, -0.2) is 0 Å². The molecule has 1 amide bonds. The number of fused-ring (bicyclic) bond motifs is 1. The zero-order valence-electron chi connectivity index (χ0n) is 15.5. The highest BCUT2D eigenvalue weighted by Crippen LogP contribution is 2.45. The fraction of sp³-hybridized carbons (Fsp3) is 0.789. The molecule has 1 aromatic heterocycles. The fourth-order valence-electron chi connectivity index (χ4n) is 5.04. The van der Waals surface area contributed by atoms with Crippen molar-refractivity contribution in [2.45, 2.75) is 46.1 Å². The molecule has 2 atom stereocenters. The minimum Gasteiger partial charge on any atom is -0.361 e. The molecule has 1 N–H and O–H groups in total. The molecular formula is C19H30N4O2. The lowest BCUT2D eigenvalue weighted by Crippen LogP contribution is -2.55. The highest BCUT2D eigenvalue weighted by atomic mass is 16.5. The van der Waals surface area contributed by atoms with Gasteiger partial charge in [-0.2, -0.15) is 0 Å². The van der Waals surface area contributed by atoms with Gasteiger partial charge in [-0.1, -0.05) is 18.0 Å². The quantitative estimate of drug-likeness (QED) is 0.903. The average molecular weight is 346 g/mol. The Kier molecular flexibility index (Phi) is 4.58. The van der Waals surface area contributed by atoms with Crippen molar-refractivity contribution >= 4 is 5.91 Å². The maximum absolute atomic E-state index is 13.3. The summed E-state index contributed by atoms with van der Waals surface area (Å²) in [7, 11) is 0. The second-order valence-electron chi connectivity index (χ2n) is 8.10. The molecule has 1 aromatic rings. The smallest absolute Gasteiger partial charge is 0.230 e. The van der Waals surface area contributed by atoms with E-state index in [1.54, 1.807) is 0 Å². The van der Waals surface area contributed by atoms with Crippen LogP contribution in [0.4, 0.5) is 0 Å². The van der Waals surface area contributed by atoms with Gasteiger partial charge in [0, 0.05) is 44.8 Å². The van der Waals surface area contributed by atoms with Crippen LogP contribution in [0.25, 0.3) is 0 Å². The number of aromatic nitrogens is 1. The normalized spacial score (nSPS) is 30.5. The zero-order valence-corrected chi connectivity index (χ0v) is 15.5. The van der Waals surface area contributed by atoms with E-state index in [9.17, 15) is 4.79 Å². The van der Waals surface area contributed by atoms with Crippen molar-refractivity contribution in [2.75, 3.05) is 39.3 Å². The number of piperazine rings is 1. The first-order chi connectivity index (χ1) is 12.1. The second-order valence-corrected chi connectivity index (χ2v) is 8.10. The van der Waals surface area contributed by atoms with Crippen LogP contribution in [-0.2, 0) is 11.3 Å². The molecule has 3 fully saturated rings. The fourth-order valence-corrected chi connectivity index (χ4v) is 5.04. The summed E-state index contributed by atoms with van der Waals surface area (Å²) in [4.78, 5) is 17.9. The van der Waals surface area contributed by atoms with E-state index in [1.807, 2.05) is 13.8 Å². The molecule has 0 spiro atoms. The highest BCUT2D eigenvalue weighted by molar-refractivity contribution is 5.84. The van der Waals surface area contributed by atoms with E-state index in [2.05, 4.69) is 20.3 Å². The Labute approximate surface area is 149 Å². The summed E-state index contributed by atoms with van der Waals surface area (Å²) in [6.45, 7) is 10.3. The summed E-state index contributed by atoms with van der Waals surface area (Å²) in [6.07, 6.45) is 4.77. The Morgan fingerprint density at radius 3 is 2.80 bits per heavy atom. The molecule has 1 saturated carbocycles. The van der Waals surface area contributed by atoms with Crippen LogP contribution in [0.15, 0.2) is 4.52 Å². The molecule has 3 aliphatic rings. The summed E-state index contributed by atoms with van der Waals surface area (Å²) >= 11 is 0. The predicted molar refractivity (Wildman–Crippen MR) is 95.1 cm³/mol. The molecule has 3 heterocycles. The van der Waals surface area contributed by atoms with Gasteiger partial charge in [0.25, 0.3) is 0 Å². The molecule has 2 saturated heterocycles. The molecule has 6 heteroatoms. The topological polar surface area (TPSA) is 61.6 Å². The number of carbonyl (C=O) groups is 1. The Balaban J connectivity index is 1.38. The van der Waals surface area contributed by atoms with Gasteiger partial charge in [0.2, 0.25) is 5.91 Å². The van der Waals surface area contributed by atoms with E-state index in [0.29, 0.717) is 11.8 Å². The maximum atomic E-state index is 13.3. The third-order valence-corrected chi connectivity index (χ3v) is 6.69. The Morgan fingerprint density at radius 2 is 2.08 bits per heavy atom. The number of nitrogens with zero attached hydrogens (tertiary/aromatic N) is 3. The molecular weight excluding hydrogens is 316 g/mol. The monoisotopic (exact) mass is 346 g/mol. The van der Waals surface area contributed by atoms with Crippen molar-refractivity contribution in [3.63, 3.8) is 0 Å². The molecule has 0 unspecified atom stereocenters. The van der Waals surface area contributed by atoms with Gasteiger partial charge < -0.3 is 14.7 Å². The van der Waals surface area contributed by atoms with E-state index in [0.717, 1.165) is 63.7 Å². The molecule has 1 aliphatic carbocycles. The standard InChI is InChI=1S/C19H30N4O2/c1-14-17(15(2)25-21-14)12-22-7-9-23(10-8-22)18(24)19-6-4-3-5-16(19)11-20-13-19/h16,20H,3-13H2,1-2H3/t16-,19+/m0/s1. The molecule has 138 valence electrons. The molecule has 2 aliphatic heterocycles. The van der Waals surface area contributed by atoms with Crippen molar-refractivity contribution in [1.29, 1.82) is 0 Å². The van der Waals surface area contributed by atoms with E-state index in [1.165, 1.54) is 24.8 Å². The maximum Gasteiger partial charge on any atom is 0.230 e. The van der Waals surface area contributed by atoms with Gasteiger partial charge in [0.1, 0.15) is 5.76 Å². The molecule has 0 aromatic carbocycles. The third-order valence-electron chi connectivity index (χ3n) is 6.69. The van der Waals surface area contributed by atoms with Crippen LogP contribution in [0.2, 0.25) is 0 Å². The van der Waals surface area contributed by atoms with Gasteiger partial charge in [-0.3, -0.25) is 9.69 Å². The summed E-state index contributed by atoms with van der Waals surface area (Å²) in [5.74, 6) is 1.88. The zero-order chi connectivity index (χ0) is 17.4. The van der Waals surface area contributed by atoms with Crippen molar-refractivity contribution in [3.05, 3.63) is 17.0 Å². The van der Waals surface area contributed by atoms with Gasteiger partial charge >= 0.3 is 0 Å². The van der Waals surface area contributed by atoms with Gasteiger partial charge in [0.05, 0.1) is 11.1 Å². The predicted octanol–water partition coefficient (Wildman–Crippen LogP) is 1.72. The molecule has 0 bridgehead atoms. The molecule has 4 rings (SSSR count). The van der Waals surface area contributed by atoms with Crippen LogP contribution in [0, 0.1) is 25.2 Å². The number of hydrogen-bond acceptors (Lipinski definition) is 5. The summed E-state index contributed by atoms with van der Waals surface area (Å²) in [6, 6.07) is 0. The summed E-state index contributed by atoms with van der Waals surface area (Å²) < 4.78 is 5.27. The lowest BCUT2D eigenvalue weighted by atomic mass is 9.67. The Hall–Kier alpha value is -1.40. The van der Waals surface area contributed by atoms with Crippen LogP contribution >= 0.6 is 0 Å². The average Bonchev–Trinajstić information content (AvgIpc) is 3.21.